The molecule has 0 atom stereocenters. The van der Waals surface area contributed by atoms with Crippen molar-refractivity contribution in [3.63, 3.8) is 0 Å². The second kappa shape index (κ2) is 8.85. The van der Waals surface area contributed by atoms with Crippen LogP contribution in [0.3, 0.4) is 0 Å². The molecule has 0 aliphatic heterocycles. The Morgan fingerprint density at radius 2 is 1.53 bits per heavy atom. The van der Waals surface area contributed by atoms with E-state index in [1.807, 2.05) is 6.92 Å². The molecule has 0 saturated carbocycles. The highest BCUT2D eigenvalue weighted by Crippen LogP contribution is 2.05. The second-order valence-corrected chi connectivity index (χ2v) is 6.35. The van der Waals surface area contributed by atoms with Crippen LogP contribution in [0.15, 0.2) is 0 Å². The lowest BCUT2D eigenvalue weighted by molar-refractivity contribution is 0.383. The van der Waals surface area contributed by atoms with E-state index in [-0.39, 0.29) is 0 Å². The van der Waals surface area contributed by atoms with Crippen molar-refractivity contribution in [2.45, 2.75) is 33.1 Å². The third kappa shape index (κ3) is 6.35. The molecule has 0 rings (SSSR count). The highest BCUT2D eigenvalue weighted by Gasteiger charge is 2.22. The fourth-order valence-corrected chi connectivity index (χ4v) is 2.65. The van der Waals surface area contributed by atoms with Crippen LogP contribution in [0.25, 0.3) is 0 Å². The van der Waals surface area contributed by atoms with Gasteiger partial charge in [-0.25, -0.2) is 0 Å². The van der Waals surface area contributed by atoms with Gasteiger partial charge in [0, 0.05) is 27.2 Å². The van der Waals surface area contributed by atoms with Crippen molar-refractivity contribution < 1.29 is 8.42 Å². The molecule has 0 radical (unpaired) electrons. The first-order valence-electron chi connectivity index (χ1n) is 6.35. The molecule has 0 saturated heterocycles. The smallest absolute Gasteiger partial charge is 0.281 e. The predicted octanol–water partition coefficient (Wildman–Crippen LogP) is 0.895. The molecule has 5 nitrogen and oxygen atoms in total. The van der Waals surface area contributed by atoms with E-state index < -0.39 is 10.2 Å². The lowest BCUT2D eigenvalue weighted by atomic mass is 10.3. The van der Waals surface area contributed by atoms with Gasteiger partial charge in [0.05, 0.1) is 0 Å². The van der Waals surface area contributed by atoms with Crippen molar-refractivity contribution in [2.75, 3.05) is 40.3 Å². The fraction of sp³-hybridized carbons (Fsp3) is 1.00. The van der Waals surface area contributed by atoms with Gasteiger partial charge in [0.25, 0.3) is 10.2 Å². The van der Waals surface area contributed by atoms with Gasteiger partial charge < -0.3 is 5.32 Å². The molecule has 0 aliphatic carbocycles. The number of nitrogens with zero attached hydrogens (tertiary/aromatic N) is 2. The SMILES string of the molecule is CCCCN(C)S(=O)(=O)N(C)CCCNCC. The standard InChI is InChI=1S/C11H27N3O2S/c1-5-7-10-13(3)17(15,16)14(4)11-8-9-12-6-2/h12H,5-11H2,1-4H3. The van der Waals surface area contributed by atoms with Crippen molar-refractivity contribution in [1.82, 2.24) is 13.9 Å². The molecule has 104 valence electrons. The Bertz CT molecular complexity index is 280. The average molecular weight is 265 g/mol. The lowest BCUT2D eigenvalue weighted by Gasteiger charge is -2.24. The van der Waals surface area contributed by atoms with Crippen LogP contribution >= 0.6 is 0 Å². The van der Waals surface area contributed by atoms with Gasteiger partial charge in [0.1, 0.15) is 0 Å². The summed E-state index contributed by atoms with van der Waals surface area (Å²) < 4.78 is 26.9. The summed E-state index contributed by atoms with van der Waals surface area (Å²) in [6.45, 7) is 7.03. The maximum atomic E-state index is 12.0. The molecule has 0 aromatic carbocycles. The first kappa shape index (κ1) is 16.8. The van der Waals surface area contributed by atoms with Crippen LogP contribution in [0, 0.1) is 0 Å². The summed E-state index contributed by atoms with van der Waals surface area (Å²) in [6.07, 6.45) is 2.75. The number of hydrogen-bond donors (Lipinski definition) is 1. The van der Waals surface area contributed by atoms with E-state index >= 15 is 0 Å². The van der Waals surface area contributed by atoms with E-state index in [0.29, 0.717) is 13.1 Å². The molecule has 0 heterocycles. The first-order valence-corrected chi connectivity index (χ1v) is 7.74. The van der Waals surface area contributed by atoms with Crippen LogP contribution < -0.4 is 5.32 Å². The van der Waals surface area contributed by atoms with Crippen molar-refractivity contribution in [2.24, 2.45) is 0 Å². The predicted molar refractivity (Wildman–Crippen MR) is 72.2 cm³/mol. The summed E-state index contributed by atoms with van der Waals surface area (Å²) in [5.74, 6) is 0. The van der Waals surface area contributed by atoms with Crippen molar-refractivity contribution in [3.05, 3.63) is 0 Å². The molecule has 0 unspecified atom stereocenters. The third-order valence-electron chi connectivity index (χ3n) is 2.69. The van der Waals surface area contributed by atoms with Crippen molar-refractivity contribution >= 4 is 10.2 Å². The minimum absolute atomic E-state index is 0.561. The average Bonchev–Trinajstić information content (AvgIpc) is 2.31. The minimum Gasteiger partial charge on any atom is -0.317 e. The van der Waals surface area contributed by atoms with Crippen LogP contribution in [-0.4, -0.2) is 57.3 Å². The Balaban J connectivity index is 4.10. The first-order chi connectivity index (χ1) is 7.96. The molecule has 0 fully saturated rings. The Kier molecular flexibility index (Phi) is 8.77. The number of nitrogens with one attached hydrogen (secondary N) is 1. The van der Waals surface area contributed by atoms with E-state index in [4.69, 9.17) is 0 Å². The molecule has 0 aliphatic rings. The summed E-state index contributed by atoms with van der Waals surface area (Å²) in [6, 6.07) is 0. The maximum absolute atomic E-state index is 12.0. The van der Waals surface area contributed by atoms with E-state index in [1.165, 1.54) is 8.61 Å². The van der Waals surface area contributed by atoms with Gasteiger partial charge in [0.2, 0.25) is 0 Å². The zero-order valence-corrected chi connectivity index (χ0v) is 12.4. The maximum Gasteiger partial charge on any atom is 0.281 e. The van der Waals surface area contributed by atoms with Crippen LogP contribution in [0.5, 0.6) is 0 Å². The molecule has 0 aromatic rings. The van der Waals surface area contributed by atoms with Gasteiger partial charge in [-0.2, -0.15) is 17.0 Å². The molecule has 0 spiro atoms. The molecule has 1 N–H and O–H groups in total. The van der Waals surface area contributed by atoms with Crippen LogP contribution in [-0.2, 0) is 10.2 Å². The minimum atomic E-state index is -3.26. The van der Waals surface area contributed by atoms with Gasteiger partial charge >= 0.3 is 0 Å². The van der Waals surface area contributed by atoms with Gasteiger partial charge in [-0.05, 0) is 25.9 Å². The van der Waals surface area contributed by atoms with Gasteiger partial charge in [-0.3, -0.25) is 0 Å². The Morgan fingerprint density at radius 1 is 1.00 bits per heavy atom. The Hall–Kier alpha value is -0.170. The third-order valence-corrected chi connectivity index (χ3v) is 4.63. The second-order valence-electron chi connectivity index (χ2n) is 4.21. The summed E-state index contributed by atoms with van der Waals surface area (Å²) in [4.78, 5) is 0. The van der Waals surface area contributed by atoms with Crippen molar-refractivity contribution in [1.29, 1.82) is 0 Å². The van der Waals surface area contributed by atoms with Gasteiger partial charge in [0.15, 0.2) is 0 Å². The quantitative estimate of drug-likeness (QED) is 0.597. The van der Waals surface area contributed by atoms with E-state index in [1.54, 1.807) is 14.1 Å². The van der Waals surface area contributed by atoms with E-state index in [0.717, 1.165) is 32.4 Å². The Labute approximate surface area is 106 Å². The summed E-state index contributed by atoms with van der Waals surface area (Å²) in [7, 11) is 0.0277. The molecular weight excluding hydrogens is 238 g/mol. The largest absolute Gasteiger partial charge is 0.317 e. The Morgan fingerprint density at radius 3 is 2.00 bits per heavy atom. The van der Waals surface area contributed by atoms with Crippen LogP contribution in [0.2, 0.25) is 0 Å². The summed E-state index contributed by atoms with van der Waals surface area (Å²) in [5.41, 5.74) is 0. The number of unbranched alkanes of at least 4 members (excludes halogenated alkanes) is 1. The molecule has 0 amide bonds. The zero-order chi connectivity index (χ0) is 13.3. The molecule has 0 aromatic heterocycles. The summed E-state index contributed by atoms with van der Waals surface area (Å²) in [5, 5.41) is 3.18. The molecular formula is C11H27N3O2S. The lowest BCUT2D eigenvalue weighted by Crippen LogP contribution is -2.41. The van der Waals surface area contributed by atoms with E-state index in [2.05, 4.69) is 12.2 Å². The highest BCUT2D eigenvalue weighted by atomic mass is 32.2. The highest BCUT2D eigenvalue weighted by molar-refractivity contribution is 7.86. The van der Waals surface area contributed by atoms with Gasteiger partial charge in [-0.1, -0.05) is 20.3 Å². The van der Waals surface area contributed by atoms with Crippen LogP contribution in [0.4, 0.5) is 0 Å². The topological polar surface area (TPSA) is 52.7 Å². The van der Waals surface area contributed by atoms with E-state index in [9.17, 15) is 8.42 Å². The zero-order valence-electron chi connectivity index (χ0n) is 11.6. The monoisotopic (exact) mass is 265 g/mol. The number of hydrogen-bond acceptors (Lipinski definition) is 3. The fourth-order valence-electron chi connectivity index (χ4n) is 1.45. The molecule has 17 heavy (non-hydrogen) atoms. The molecule has 6 heteroatoms. The number of rotatable bonds is 10. The summed E-state index contributed by atoms with van der Waals surface area (Å²) >= 11 is 0. The van der Waals surface area contributed by atoms with Crippen LogP contribution in [0.1, 0.15) is 33.1 Å². The van der Waals surface area contributed by atoms with Gasteiger partial charge in [-0.15, -0.1) is 0 Å². The van der Waals surface area contributed by atoms with Crippen molar-refractivity contribution in [3.8, 4) is 0 Å². The molecule has 0 bridgehead atoms. The normalized spacial score (nSPS) is 12.6.